The van der Waals surface area contributed by atoms with E-state index in [4.69, 9.17) is 9.47 Å². The zero-order valence-corrected chi connectivity index (χ0v) is 19.9. The minimum Gasteiger partial charge on any atom is -0.484 e. The Bertz CT molecular complexity index is 1320. The molecule has 4 rings (SSSR count). The van der Waals surface area contributed by atoms with Crippen molar-refractivity contribution in [1.29, 1.82) is 0 Å². The number of hydrogen-bond donors (Lipinski definition) is 1. The van der Waals surface area contributed by atoms with Crippen LogP contribution in [0.15, 0.2) is 101 Å². The summed E-state index contributed by atoms with van der Waals surface area (Å²) in [6, 6.07) is 26.2. The van der Waals surface area contributed by atoms with Crippen LogP contribution in [0.1, 0.15) is 0 Å². The number of sulfonamides is 1. The monoisotopic (exact) mass is 494 g/mol. The average Bonchev–Trinajstić information content (AvgIpc) is 3.41. The fraction of sp³-hybridized carbons (Fsp3) is 0.0800. The Balaban J connectivity index is 1.28. The maximum absolute atomic E-state index is 12.6. The summed E-state index contributed by atoms with van der Waals surface area (Å²) in [6.45, 7) is -0.190. The fourth-order valence-corrected chi connectivity index (χ4v) is 5.37. The van der Waals surface area contributed by atoms with Gasteiger partial charge in [-0.3, -0.25) is 9.10 Å². The third-order valence-electron chi connectivity index (χ3n) is 4.80. The molecule has 0 atom stereocenters. The van der Waals surface area contributed by atoms with Crippen molar-refractivity contribution in [1.82, 2.24) is 0 Å². The van der Waals surface area contributed by atoms with E-state index >= 15 is 0 Å². The summed E-state index contributed by atoms with van der Waals surface area (Å²) >= 11 is 1.16. The van der Waals surface area contributed by atoms with Gasteiger partial charge in [0.2, 0.25) is 0 Å². The highest BCUT2D eigenvalue weighted by Gasteiger charge is 2.22. The lowest BCUT2D eigenvalue weighted by Crippen LogP contribution is -2.25. The summed E-state index contributed by atoms with van der Waals surface area (Å²) in [5, 5.41) is 4.48. The van der Waals surface area contributed by atoms with E-state index in [0.29, 0.717) is 22.9 Å². The molecule has 0 bridgehead atoms. The van der Waals surface area contributed by atoms with E-state index in [1.807, 2.05) is 30.3 Å². The Morgan fingerprint density at radius 1 is 0.853 bits per heavy atom. The van der Waals surface area contributed by atoms with Crippen molar-refractivity contribution >= 4 is 38.6 Å². The van der Waals surface area contributed by atoms with E-state index in [1.54, 1.807) is 66.0 Å². The Kier molecular flexibility index (Phi) is 7.15. The summed E-state index contributed by atoms with van der Waals surface area (Å²) in [5.74, 6) is 1.52. The van der Waals surface area contributed by atoms with E-state index in [9.17, 15) is 13.2 Å². The Morgan fingerprint density at radius 3 is 2.15 bits per heavy atom. The molecule has 0 unspecified atom stereocenters. The summed E-state index contributed by atoms with van der Waals surface area (Å²) in [6.07, 6.45) is 0. The number of anilines is 2. The van der Waals surface area contributed by atoms with Gasteiger partial charge in [-0.1, -0.05) is 24.3 Å². The minimum absolute atomic E-state index is 0.190. The highest BCUT2D eigenvalue weighted by Crippen LogP contribution is 2.27. The van der Waals surface area contributed by atoms with E-state index in [-0.39, 0.29) is 16.7 Å². The summed E-state index contributed by atoms with van der Waals surface area (Å²) in [5.41, 5.74) is 1.10. The number of carbonyl (C=O) groups excluding carboxylic acids is 1. The van der Waals surface area contributed by atoms with Crippen LogP contribution in [-0.2, 0) is 14.8 Å². The first kappa shape index (κ1) is 23.3. The standard InChI is InChI=1S/C25H22N2O5S2/c1-27(34(29,30)25-8-5-17-33-25)20-11-15-21(16-12-20)31-18-24(28)26-19-9-13-23(14-10-19)32-22-6-3-2-4-7-22/h2-17H,18H2,1H3,(H,26,28). The third-order valence-corrected chi connectivity index (χ3v) is 7.96. The number of hydrogen-bond acceptors (Lipinski definition) is 6. The van der Waals surface area contributed by atoms with Gasteiger partial charge >= 0.3 is 0 Å². The zero-order valence-electron chi connectivity index (χ0n) is 18.2. The number of benzene rings is 3. The molecule has 0 saturated heterocycles. The smallest absolute Gasteiger partial charge is 0.273 e. The first-order chi connectivity index (χ1) is 16.4. The van der Waals surface area contributed by atoms with Crippen LogP contribution in [0.25, 0.3) is 0 Å². The maximum atomic E-state index is 12.6. The number of para-hydroxylation sites is 1. The van der Waals surface area contributed by atoms with Crippen molar-refractivity contribution in [3.8, 4) is 17.2 Å². The molecule has 1 aromatic heterocycles. The van der Waals surface area contributed by atoms with Crippen molar-refractivity contribution < 1.29 is 22.7 Å². The van der Waals surface area contributed by atoms with Gasteiger partial charge in [0.05, 0.1) is 5.69 Å². The van der Waals surface area contributed by atoms with E-state index in [1.165, 1.54) is 11.4 Å². The Hall–Kier alpha value is -3.82. The molecule has 0 aliphatic carbocycles. The highest BCUT2D eigenvalue weighted by atomic mass is 32.2. The van der Waals surface area contributed by atoms with Crippen LogP contribution in [0.5, 0.6) is 17.2 Å². The lowest BCUT2D eigenvalue weighted by molar-refractivity contribution is -0.118. The molecular weight excluding hydrogens is 472 g/mol. The second-order valence-corrected chi connectivity index (χ2v) is 10.3. The van der Waals surface area contributed by atoms with Gasteiger partial charge in [0.1, 0.15) is 21.5 Å². The molecule has 1 amide bonds. The molecule has 174 valence electrons. The molecular formula is C25H22N2O5S2. The van der Waals surface area contributed by atoms with E-state index in [2.05, 4.69) is 5.32 Å². The van der Waals surface area contributed by atoms with Crippen molar-refractivity contribution in [3.05, 3.63) is 96.4 Å². The molecule has 0 aliphatic heterocycles. The van der Waals surface area contributed by atoms with Crippen molar-refractivity contribution in [3.63, 3.8) is 0 Å². The molecule has 7 nitrogen and oxygen atoms in total. The van der Waals surface area contributed by atoms with Gasteiger partial charge in [-0.25, -0.2) is 8.42 Å². The number of ether oxygens (including phenoxy) is 2. The van der Waals surface area contributed by atoms with Crippen LogP contribution in [0, 0.1) is 0 Å². The van der Waals surface area contributed by atoms with Gasteiger partial charge in [0.25, 0.3) is 15.9 Å². The quantitative estimate of drug-likeness (QED) is 0.338. The summed E-state index contributed by atoms with van der Waals surface area (Å²) in [4.78, 5) is 12.2. The molecule has 0 aliphatic rings. The molecule has 0 saturated carbocycles. The van der Waals surface area contributed by atoms with Gasteiger partial charge in [-0.15, -0.1) is 11.3 Å². The molecule has 4 aromatic rings. The number of thiophene rings is 1. The Morgan fingerprint density at radius 2 is 1.50 bits per heavy atom. The van der Waals surface area contributed by atoms with Gasteiger partial charge in [0, 0.05) is 12.7 Å². The van der Waals surface area contributed by atoms with Crippen molar-refractivity contribution in [2.24, 2.45) is 0 Å². The first-order valence-corrected chi connectivity index (χ1v) is 12.6. The average molecular weight is 495 g/mol. The van der Waals surface area contributed by atoms with Gasteiger partial charge in [0.15, 0.2) is 6.61 Å². The van der Waals surface area contributed by atoms with Gasteiger partial charge < -0.3 is 14.8 Å². The number of rotatable bonds is 9. The molecule has 0 fully saturated rings. The summed E-state index contributed by atoms with van der Waals surface area (Å²) < 4.78 is 38.0. The predicted molar refractivity (Wildman–Crippen MR) is 133 cm³/mol. The molecule has 0 radical (unpaired) electrons. The van der Waals surface area contributed by atoms with E-state index in [0.717, 1.165) is 17.1 Å². The molecule has 1 heterocycles. The molecule has 3 aromatic carbocycles. The lowest BCUT2D eigenvalue weighted by atomic mass is 10.3. The third kappa shape index (κ3) is 5.75. The van der Waals surface area contributed by atoms with Gasteiger partial charge in [-0.05, 0) is 72.1 Å². The zero-order chi connectivity index (χ0) is 24.0. The predicted octanol–water partition coefficient (Wildman–Crippen LogP) is 5.38. The van der Waals surface area contributed by atoms with Crippen LogP contribution in [-0.4, -0.2) is 28.0 Å². The van der Waals surface area contributed by atoms with Crippen LogP contribution >= 0.6 is 11.3 Å². The fourth-order valence-electron chi connectivity index (χ4n) is 3.01. The van der Waals surface area contributed by atoms with Crippen LogP contribution < -0.4 is 19.1 Å². The first-order valence-electron chi connectivity index (χ1n) is 10.3. The van der Waals surface area contributed by atoms with Crippen molar-refractivity contribution in [2.75, 3.05) is 23.3 Å². The largest absolute Gasteiger partial charge is 0.484 e. The number of carbonyl (C=O) groups is 1. The maximum Gasteiger partial charge on any atom is 0.273 e. The molecule has 1 N–H and O–H groups in total. The van der Waals surface area contributed by atoms with Crippen LogP contribution in [0.2, 0.25) is 0 Å². The number of nitrogens with one attached hydrogen (secondary N) is 1. The summed E-state index contributed by atoms with van der Waals surface area (Å²) in [7, 11) is -2.11. The SMILES string of the molecule is CN(c1ccc(OCC(=O)Nc2ccc(Oc3ccccc3)cc2)cc1)S(=O)(=O)c1cccs1. The molecule has 34 heavy (non-hydrogen) atoms. The minimum atomic E-state index is -3.60. The lowest BCUT2D eigenvalue weighted by Gasteiger charge is -2.18. The van der Waals surface area contributed by atoms with Crippen molar-refractivity contribution in [2.45, 2.75) is 4.21 Å². The molecule has 9 heteroatoms. The van der Waals surface area contributed by atoms with Crippen LogP contribution in [0.4, 0.5) is 11.4 Å². The van der Waals surface area contributed by atoms with Gasteiger partial charge in [-0.2, -0.15) is 0 Å². The molecule has 0 spiro atoms. The van der Waals surface area contributed by atoms with E-state index < -0.39 is 10.0 Å². The second-order valence-electron chi connectivity index (χ2n) is 7.17. The number of amides is 1. The normalized spacial score (nSPS) is 11.0. The highest BCUT2D eigenvalue weighted by molar-refractivity contribution is 7.94. The van der Waals surface area contributed by atoms with Crippen LogP contribution in [0.3, 0.4) is 0 Å². The topological polar surface area (TPSA) is 84.9 Å². The second kappa shape index (κ2) is 10.4. The number of nitrogens with zero attached hydrogens (tertiary/aromatic N) is 1. The Labute approximate surface area is 202 Å².